The van der Waals surface area contributed by atoms with Crippen molar-refractivity contribution in [3.8, 4) is 28.4 Å². The fourth-order valence-electron chi connectivity index (χ4n) is 3.94. The Labute approximate surface area is 207 Å². The summed E-state index contributed by atoms with van der Waals surface area (Å²) in [5, 5.41) is 12.5. The molecule has 7 nitrogen and oxygen atoms in total. The van der Waals surface area contributed by atoms with Gasteiger partial charge in [-0.1, -0.05) is 66.7 Å². The van der Waals surface area contributed by atoms with Gasteiger partial charge in [-0.2, -0.15) is 0 Å². The van der Waals surface area contributed by atoms with Gasteiger partial charge in [-0.05, 0) is 28.8 Å². The fraction of sp³-hybridized carbons (Fsp3) is 0.103. The van der Waals surface area contributed by atoms with Crippen molar-refractivity contribution in [2.24, 2.45) is 0 Å². The minimum atomic E-state index is -1.15. The Morgan fingerprint density at radius 3 is 2.14 bits per heavy atom. The van der Waals surface area contributed by atoms with Crippen LogP contribution >= 0.6 is 0 Å². The van der Waals surface area contributed by atoms with Crippen LogP contribution in [-0.2, 0) is 6.61 Å². The summed E-state index contributed by atoms with van der Waals surface area (Å²) < 4.78 is 17.3. The first-order valence-electron chi connectivity index (χ1n) is 11.4. The molecule has 0 fully saturated rings. The Morgan fingerprint density at radius 1 is 0.778 bits per heavy atom. The van der Waals surface area contributed by atoms with Gasteiger partial charge in [0.1, 0.15) is 25.6 Å². The Hall–Kier alpha value is -4.78. The van der Waals surface area contributed by atoms with Gasteiger partial charge < -0.3 is 24.6 Å². The van der Waals surface area contributed by atoms with E-state index in [0.29, 0.717) is 30.5 Å². The Morgan fingerprint density at radius 2 is 1.44 bits per heavy atom. The summed E-state index contributed by atoms with van der Waals surface area (Å²) in [6.45, 7) is 0.996. The second-order valence-electron chi connectivity index (χ2n) is 8.15. The predicted octanol–water partition coefficient (Wildman–Crippen LogP) is 5.65. The third-order valence-electron chi connectivity index (χ3n) is 5.73. The minimum absolute atomic E-state index is 0.0210. The van der Waals surface area contributed by atoms with Gasteiger partial charge >= 0.3 is 5.97 Å². The van der Waals surface area contributed by atoms with Gasteiger partial charge in [-0.15, -0.1) is 0 Å². The zero-order valence-electron chi connectivity index (χ0n) is 19.3. The second-order valence-corrected chi connectivity index (χ2v) is 8.15. The quantitative estimate of drug-likeness (QED) is 0.354. The van der Waals surface area contributed by atoms with Gasteiger partial charge in [0, 0.05) is 12.1 Å². The predicted molar refractivity (Wildman–Crippen MR) is 135 cm³/mol. The molecule has 7 heteroatoms. The molecule has 0 bridgehead atoms. The molecule has 0 radical (unpaired) electrons. The molecule has 0 atom stereocenters. The van der Waals surface area contributed by atoms with E-state index in [0.717, 1.165) is 16.7 Å². The fourth-order valence-corrected chi connectivity index (χ4v) is 3.94. The van der Waals surface area contributed by atoms with Crippen LogP contribution in [-0.4, -0.2) is 30.2 Å². The van der Waals surface area contributed by atoms with Gasteiger partial charge in [0.2, 0.25) is 0 Å². The minimum Gasteiger partial charge on any atom is -0.488 e. The molecule has 0 spiro atoms. The summed E-state index contributed by atoms with van der Waals surface area (Å²) >= 11 is 0. The molecule has 2 N–H and O–H groups in total. The number of nitrogens with one attached hydrogen (secondary N) is 1. The third-order valence-corrected chi connectivity index (χ3v) is 5.73. The van der Waals surface area contributed by atoms with E-state index in [2.05, 4.69) is 5.32 Å². The molecule has 0 saturated heterocycles. The van der Waals surface area contributed by atoms with E-state index in [1.807, 2.05) is 60.7 Å². The van der Waals surface area contributed by atoms with Crippen LogP contribution in [0.5, 0.6) is 17.2 Å². The number of fused-ring (bicyclic) bond motifs is 1. The molecule has 0 aromatic heterocycles. The summed E-state index contributed by atoms with van der Waals surface area (Å²) in [6, 6.07) is 27.1. The van der Waals surface area contributed by atoms with Crippen molar-refractivity contribution >= 4 is 17.6 Å². The average Bonchev–Trinajstić information content (AvgIpc) is 2.92. The lowest BCUT2D eigenvalue weighted by molar-refractivity contribution is 0.0698. The Bertz CT molecular complexity index is 1400. The zero-order valence-corrected chi connectivity index (χ0v) is 19.3. The summed E-state index contributed by atoms with van der Waals surface area (Å²) in [7, 11) is 0. The number of carboxylic acid groups (broad SMARTS) is 1. The molecule has 0 aliphatic carbocycles. The molecule has 180 valence electrons. The number of anilines is 1. The number of amides is 1. The average molecular weight is 482 g/mol. The number of carboxylic acids is 1. The summed E-state index contributed by atoms with van der Waals surface area (Å²) in [5.41, 5.74) is 2.97. The zero-order chi connectivity index (χ0) is 24.9. The number of carbonyl (C=O) groups is 2. The number of benzene rings is 4. The van der Waals surface area contributed by atoms with Crippen LogP contribution in [0.2, 0.25) is 0 Å². The molecule has 0 saturated carbocycles. The van der Waals surface area contributed by atoms with Crippen molar-refractivity contribution in [3.63, 3.8) is 0 Å². The highest BCUT2D eigenvalue weighted by molar-refractivity contribution is 6.10. The maximum absolute atomic E-state index is 13.5. The number of ether oxygens (including phenoxy) is 3. The van der Waals surface area contributed by atoms with Crippen molar-refractivity contribution in [3.05, 3.63) is 108 Å². The summed E-state index contributed by atoms with van der Waals surface area (Å²) in [4.78, 5) is 25.4. The molecular weight excluding hydrogens is 458 g/mol. The summed E-state index contributed by atoms with van der Waals surface area (Å²) in [6.07, 6.45) is 0. The van der Waals surface area contributed by atoms with E-state index in [1.165, 1.54) is 6.07 Å². The second kappa shape index (κ2) is 10.2. The van der Waals surface area contributed by atoms with Crippen LogP contribution in [0.25, 0.3) is 11.1 Å². The number of hydrogen-bond acceptors (Lipinski definition) is 5. The standard InChI is InChI=1S/C29H23NO6/c31-28(30-24-15-21(11-12-22(24)29(32)33)20-9-5-2-6-10-20)23-16-26-27(35-14-13-34-26)17-25(23)36-18-19-7-3-1-4-8-19/h1-12,15-17H,13-14,18H2,(H,30,31)(H,32,33). The van der Waals surface area contributed by atoms with Gasteiger partial charge in [0.25, 0.3) is 5.91 Å². The molecule has 1 amide bonds. The monoisotopic (exact) mass is 481 g/mol. The Kier molecular flexibility index (Phi) is 6.53. The summed E-state index contributed by atoms with van der Waals surface area (Å²) in [5.74, 6) is -0.458. The SMILES string of the molecule is O=C(O)c1ccc(-c2ccccc2)cc1NC(=O)c1cc2c(cc1OCc1ccccc1)OCCO2. The van der Waals surface area contributed by atoms with Gasteiger partial charge in [-0.3, -0.25) is 4.79 Å². The normalized spacial score (nSPS) is 12.0. The highest BCUT2D eigenvalue weighted by Gasteiger charge is 2.23. The number of aromatic carboxylic acids is 1. The van der Waals surface area contributed by atoms with Crippen LogP contribution in [0.4, 0.5) is 5.69 Å². The van der Waals surface area contributed by atoms with E-state index in [-0.39, 0.29) is 23.4 Å². The lowest BCUT2D eigenvalue weighted by Crippen LogP contribution is -2.19. The van der Waals surface area contributed by atoms with Crippen molar-refractivity contribution < 1.29 is 28.9 Å². The van der Waals surface area contributed by atoms with Gasteiger partial charge in [0.15, 0.2) is 11.5 Å². The highest BCUT2D eigenvalue weighted by atomic mass is 16.6. The van der Waals surface area contributed by atoms with E-state index in [9.17, 15) is 14.7 Å². The van der Waals surface area contributed by atoms with Crippen LogP contribution in [0.15, 0.2) is 91.0 Å². The molecule has 4 aromatic carbocycles. The number of rotatable bonds is 7. The maximum Gasteiger partial charge on any atom is 0.337 e. The number of carbonyl (C=O) groups excluding carboxylic acids is 1. The van der Waals surface area contributed by atoms with Crippen LogP contribution in [0.1, 0.15) is 26.3 Å². The first-order chi connectivity index (χ1) is 17.6. The highest BCUT2D eigenvalue weighted by Crippen LogP contribution is 2.38. The molecular formula is C29H23NO6. The van der Waals surface area contributed by atoms with Crippen molar-refractivity contribution in [1.29, 1.82) is 0 Å². The van der Waals surface area contributed by atoms with Crippen molar-refractivity contribution in [2.75, 3.05) is 18.5 Å². The Balaban J connectivity index is 1.49. The van der Waals surface area contributed by atoms with Gasteiger partial charge in [-0.25, -0.2) is 4.79 Å². The van der Waals surface area contributed by atoms with Gasteiger partial charge in [0.05, 0.1) is 16.8 Å². The van der Waals surface area contributed by atoms with E-state index in [4.69, 9.17) is 14.2 Å². The first-order valence-corrected chi connectivity index (χ1v) is 11.4. The van der Waals surface area contributed by atoms with Crippen LogP contribution in [0, 0.1) is 0 Å². The molecule has 1 aliphatic rings. The molecule has 1 heterocycles. The molecule has 1 aliphatic heterocycles. The number of hydrogen-bond donors (Lipinski definition) is 2. The van der Waals surface area contributed by atoms with Crippen LogP contribution in [0.3, 0.4) is 0 Å². The van der Waals surface area contributed by atoms with Crippen molar-refractivity contribution in [2.45, 2.75) is 6.61 Å². The van der Waals surface area contributed by atoms with Crippen LogP contribution < -0.4 is 19.5 Å². The molecule has 5 rings (SSSR count). The molecule has 4 aromatic rings. The van der Waals surface area contributed by atoms with E-state index < -0.39 is 11.9 Å². The maximum atomic E-state index is 13.5. The topological polar surface area (TPSA) is 94.1 Å². The van der Waals surface area contributed by atoms with E-state index >= 15 is 0 Å². The molecule has 0 unspecified atom stereocenters. The third kappa shape index (κ3) is 5.00. The lowest BCUT2D eigenvalue weighted by atomic mass is 10.0. The lowest BCUT2D eigenvalue weighted by Gasteiger charge is -2.21. The van der Waals surface area contributed by atoms with Crippen molar-refractivity contribution in [1.82, 2.24) is 0 Å². The van der Waals surface area contributed by atoms with E-state index in [1.54, 1.807) is 24.3 Å². The first kappa shape index (κ1) is 23.0. The smallest absolute Gasteiger partial charge is 0.337 e. The molecule has 36 heavy (non-hydrogen) atoms. The largest absolute Gasteiger partial charge is 0.488 e.